The zero-order valence-corrected chi connectivity index (χ0v) is 13.7. The minimum absolute atomic E-state index is 0.00754. The Bertz CT molecular complexity index is 628. The van der Waals surface area contributed by atoms with E-state index in [-0.39, 0.29) is 17.7 Å². The van der Waals surface area contributed by atoms with Crippen molar-refractivity contribution >= 4 is 15.9 Å². The molecule has 21 heavy (non-hydrogen) atoms. The highest BCUT2D eigenvalue weighted by Crippen LogP contribution is 2.25. The largest absolute Gasteiger partial charge is 0.310 e. The highest BCUT2D eigenvalue weighted by atomic mass is 79.9. The van der Waals surface area contributed by atoms with Crippen LogP contribution >= 0.6 is 15.9 Å². The number of aryl methyl sites for hydroxylation is 1. The molecule has 0 saturated carbocycles. The Balaban J connectivity index is 2.28. The Morgan fingerprint density at radius 2 is 1.90 bits per heavy atom. The normalized spacial score (nSPS) is 12.4. The Kier molecular flexibility index (Phi) is 5.48. The SMILES string of the molecule is CCNC(Cc1ccc(F)cc1Br)c1ccc(C)c(F)c1. The van der Waals surface area contributed by atoms with Crippen LogP contribution in [0.3, 0.4) is 0 Å². The first-order valence-electron chi connectivity index (χ1n) is 6.94. The van der Waals surface area contributed by atoms with E-state index in [0.29, 0.717) is 12.0 Å². The minimum atomic E-state index is -0.271. The van der Waals surface area contributed by atoms with E-state index in [2.05, 4.69) is 21.2 Å². The molecule has 0 aliphatic heterocycles. The van der Waals surface area contributed by atoms with Crippen LogP contribution in [0, 0.1) is 18.6 Å². The average Bonchev–Trinajstić information content (AvgIpc) is 2.44. The number of halogens is 3. The number of benzene rings is 2. The molecule has 0 fully saturated rings. The third-order valence-corrected chi connectivity index (χ3v) is 4.23. The summed E-state index contributed by atoms with van der Waals surface area (Å²) in [6.45, 7) is 4.54. The fraction of sp³-hybridized carbons (Fsp3) is 0.294. The lowest BCUT2D eigenvalue weighted by Crippen LogP contribution is -2.23. The van der Waals surface area contributed by atoms with Gasteiger partial charge in [0, 0.05) is 10.5 Å². The van der Waals surface area contributed by atoms with Gasteiger partial charge in [0.15, 0.2) is 0 Å². The molecule has 0 bridgehead atoms. The maximum atomic E-state index is 13.8. The molecule has 0 aromatic heterocycles. The van der Waals surface area contributed by atoms with E-state index in [1.54, 1.807) is 25.1 Å². The summed E-state index contributed by atoms with van der Waals surface area (Å²) in [7, 11) is 0. The first-order valence-corrected chi connectivity index (χ1v) is 7.74. The summed E-state index contributed by atoms with van der Waals surface area (Å²) in [5, 5.41) is 3.35. The Morgan fingerprint density at radius 3 is 2.52 bits per heavy atom. The molecule has 0 spiro atoms. The predicted molar refractivity (Wildman–Crippen MR) is 85.4 cm³/mol. The monoisotopic (exact) mass is 353 g/mol. The summed E-state index contributed by atoms with van der Waals surface area (Å²) in [4.78, 5) is 0. The van der Waals surface area contributed by atoms with Crippen LogP contribution in [0.4, 0.5) is 8.78 Å². The maximum Gasteiger partial charge on any atom is 0.126 e. The molecule has 0 amide bonds. The van der Waals surface area contributed by atoms with Gasteiger partial charge >= 0.3 is 0 Å². The van der Waals surface area contributed by atoms with Gasteiger partial charge in [-0.2, -0.15) is 0 Å². The Labute approximate surface area is 132 Å². The number of nitrogens with one attached hydrogen (secondary N) is 1. The van der Waals surface area contributed by atoms with Crippen molar-refractivity contribution in [3.63, 3.8) is 0 Å². The van der Waals surface area contributed by atoms with E-state index < -0.39 is 0 Å². The number of likely N-dealkylation sites (N-methyl/N-ethyl adjacent to an activating group) is 1. The topological polar surface area (TPSA) is 12.0 Å². The van der Waals surface area contributed by atoms with Gasteiger partial charge in [-0.15, -0.1) is 0 Å². The molecule has 0 aliphatic rings. The van der Waals surface area contributed by atoms with Gasteiger partial charge in [0.2, 0.25) is 0 Å². The summed E-state index contributed by atoms with van der Waals surface area (Å²) in [6, 6.07) is 9.94. The highest BCUT2D eigenvalue weighted by Gasteiger charge is 2.14. The van der Waals surface area contributed by atoms with Crippen LogP contribution in [0.5, 0.6) is 0 Å². The second kappa shape index (κ2) is 7.14. The van der Waals surface area contributed by atoms with E-state index >= 15 is 0 Å². The summed E-state index contributed by atoms with van der Waals surface area (Å²) in [5.41, 5.74) is 2.52. The lowest BCUT2D eigenvalue weighted by atomic mass is 9.97. The van der Waals surface area contributed by atoms with Crippen LogP contribution in [0.1, 0.15) is 29.7 Å². The molecule has 0 saturated heterocycles. The second-order valence-electron chi connectivity index (χ2n) is 5.06. The standard InChI is InChI=1S/C17H18BrF2N/c1-3-21-17(13-5-4-11(2)16(20)8-13)9-12-6-7-14(19)10-15(12)18/h4-8,10,17,21H,3,9H2,1-2H3. The van der Waals surface area contributed by atoms with E-state index in [4.69, 9.17) is 0 Å². The minimum Gasteiger partial charge on any atom is -0.310 e. The van der Waals surface area contributed by atoms with Crippen LogP contribution < -0.4 is 5.32 Å². The fourth-order valence-corrected chi connectivity index (χ4v) is 2.80. The van der Waals surface area contributed by atoms with Crippen molar-refractivity contribution in [3.8, 4) is 0 Å². The first kappa shape index (κ1) is 16.1. The number of rotatable bonds is 5. The summed E-state index contributed by atoms with van der Waals surface area (Å²) in [5.74, 6) is -0.472. The highest BCUT2D eigenvalue weighted by molar-refractivity contribution is 9.10. The van der Waals surface area contributed by atoms with Gasteiger partial charge in [-0.1, -0.05) is 41.1 Å². The maximum absolute atomic E-state index is 13.8. The smallest absolute Gasteiger partial charge is 0.126 e. The quantitative estimate of drug-likeness (QED) is 0.803. The molecule has 4 heteroatoms. The van der Waals surface area contributed by atoms with Gasteiger partial charge in [-0.05, 0) is 54.8 Å². The van der Waals surface area contributed by atoms with Crippen LogP contribution in [0.2, 0.25) is 0 Å². The van der Waals surface area contributed by atoms with Crippen molar-refractivity contribution < 1.29 is 8.78 Å². The van der Waals surface area contributed by atoms with Crippen LogP contribution in [-0.4, -0.2) is 6.54 Å². The van der Waals surface area contributed by atoms with Gasteiger partial charge in [0.25, 0.3) is 0 Å². The van der Waals surface area contributed by atoms with E-state index in [1.807, 2.05) is 13.0 Å². The molecule has 2 aromatic carbocycles. The molecule has 112 valence electrons. The van der Waals surface area contributed by atoms with Gasteiger partial charge in [-0.3, -0.25) is 0 Å². The molecule has 1 atom stereocenters. The zero-order valence-electron chi connectivity index (χ0n) is 12.1. The molecular formula is C17H18BrF2N. The molecular weight excluding hydrogens is 336 g/mol. The van der Waals surface area contributed by atoms with Gasteiger partial charge in [0.05, 0.1) is 0 Å². The lowest BCUT2D eigenvalue weighted by molar-refractivity contribution is 0.540. The molecule has 1 unspecified atom stereocenters. The van der Waals surface area contributed by atoms with Crippen molar-refractivity contribution in [2.75, 3.05) is 6.54 Å². The molecule has 2 aromatic rings. The van der Waals surface area contributed by atoms with Crippen LogP contribution in [-0.2, 0) is 6.42 Å². The number of hydrogen-bond acceptors (Lipinski definition) is 1. The number of hydrogen-bond donors (Lipinski definition) is 1. The molecule has 0 heterocycles. The van der Waals surface area contributed by atoms with Gasteiger partial charge in [-0.25, -0.2) is 8.78 Å². The summed E-state index contributed by atoms with van der Waals surface area (Å²) >= 11 is 3.38. The molecule has 0 radical (unpaired) electrons. The van der Waals surface area contributed by atoms with Crippen molar-refractivity contribution in [2.24, 2.45) is 0 Å². The molecule has 1 nitrogen and oxygen atoms in total. The second-order valence-corrected chi connectivity index (χ2v) is 5.91. The lowest BCUT2D eigenvalue weighted by Gasteiger charge is -2.20. The van der Waals surface area contributed by atoms with Crippen LogP contribution in [0.25, 0.3) is 0 Å². The summed E-state index contributed by atoms with van der Waals surface area (Å²) < 4.78 is 27.7. The fourth-order valence-electron chi connectivity index (χ4n) is 2.29. The van der Waals surface area contributed by atoms with E-state index in [1.165, 1.54) is 12.1 Å². The van der Waals surface area contributed by atoms with E-state index in [0.717, 1.165) is 22.1 Å². The average molecular weight is 354 g/mol. The zero-order chi connectivity index (χ0) is 15.4. The van der Waals surface area contributed by atoms with Gasteiger partial charge < -0.3 is 5.32 Å². The molecule has 1 N–H and O–H groups in total. The van der Waals surface area contributed by atoms with Gasteiger partial charge in [0.1, 0.15) is 11.6 Å². The third kappa shape index (κ3) is 4.11. The molecule has 2 rings (SSSR count). The predicted octanol–water partition coefficient (Wildman–Crippen LogP) is 4.93. The van der Waals surface area contributed by atoms with Crippen molar-refractivity contribution in [1.82, 2.24) is 5.32 Å². The Morgan fingerprint density at radius 1 is 1.14 bits per heavy atom. The molecule has 0 aliphatic carbocycles. The third-order valence-electron chi connectivity index (χ3n) is 3.49. The first-order chi connectivity index (χ1) is 10.0. The van der Waals surface area contributed by atoms with Crippen LogP contribution in [0.15, 0.2) is 40.9 Å². The Hall–Kier alpha value is -1.26. The summed E-state index contributed by atoms with van der Waals surface area (Å²) in [6.07, 6.45) is 0.664. The van der Waals surface area contributed by atoms with Crippen molar-refractivity contribution in [1.29, 1.82) is 0 Å². The van der Waals surface area contributed by atoms with E-state index in [9.17, 15) is 8.78 Å². The van der Waals surface area contributed by atoms with Crippen molar-refractivity contribution in [2.45, 2.75) is 26.3 Å². The van der Waals surface area contributed by atoms with Crippen molar-refractivity contribution in [3.05, 3.63) is 69.2 Å².